The smallest absolute Gasteiger partial charge is 0.212 e. The van der Waals surface area contributed by atoms with Crippen LogP contribution in [0.25, 0.3) is 0 Å². The molecule has 17 heavy (non-hydrogen) atoms. The number of nitrogens with one attached hydrogen (secondary N) is 1. The first kappa shape index (κ1) is 14.9. The summed E-state index contributed by atoms with van der Waals surface area (Å²) in [6.07, 6.45) is 1.99. The molecule has 1 aliphatic heterocycles. The molecule has 0 spiro atoms. The summed E-state index contributed by atoms with van der Waals surface area (Å²) >= 11 is 0. The molecule has 0 aromatic carbocycles. The Kier molecular flexibility index (Phi) is 5.37. The van der Waals surface area contributed by atoms with Gasteiger partial charge < -0.3 is 10.5 Å². The molecule has 0 atom stereocenters. The van der Waals surface area contributed by atoms with Crippen LogP contribution in [0.15, 0.2) is 0 Å². The molecule has 0 aromatic rings. The van der Waals surface area contributed by atoms with Crippen LogP contribution >= 0.6 is 0 Å². The van der Waals surface area contributed by atoms with Crippen LogP contribution in [0.1, 0.15) is 33.1 Å². The Bertz CT molecular complexity index is 322. The van der Waals surface area contributed by atoms with Gasteiger partial charge in [-0.3, -0.25) is 0 Å². The maximum atomic E-state index is 12.0. The summed E-state index contributed by atoms with van der Waals surface area (Å²) in [5.74, 6) is 0.558. The monoisotopic (exact) mass is 264 g/mol. The van der Waals surface area contributed by atoms with Crippen LogP contribution in [0.2, 0.25) is 0 Å². The van der Waals surface area contributed by atoms with Gasteiger partial charge in [-0.1, -0.05) is 13.8 Å². The molecule has 1 heterocycles. The number of nitrogens with two attached hydrogens (primary N) is 1. The normalized spacial score (nSPS) is 20.7. The number of hydrogen-bond acceptors (Lipinski definition) is 4. The van der Waals surface area contributed by atoms with Crippen LogP contribution in [0.3, 0.4) is 0 Å². The summed E-state index contributed by atoms with van der Waals surface area (Å²) in [7, 11) is -3.23. The van der Waals surface area contributed by atoms with E-state index in [4.69, 9.17) is 10.5 Å². The van der Waals surface area contributed by atoms with Crippen molar-refractivity contribution in [3.63, 3.8) is 0 Å². The predicted molar refractivity (Wildman–Crippen MR) is 68.2 cm³/mol. The highest BCUT2D eigenvalue weighted by Gasteiger charge is 2.34. The average molecular weight is 264 g/mol. The van der Waals surface area contributed by atoms with Gasteiger partial charge in [0.15, 0.2) is 0 Å². The van der Waals surface area contributed by atoms with Gasteiger partial charge in [0.2, 0.25) is 10.0 Å². The topological polar surface area (TPSA) is 81.4 Å². The third kappa shape index (κ3) is 4.91. The number of hydrogen-bond donors (Lipinski definition) is 2. The molecule has 0 saturated carbocycles. The van der Waals surface area contributed by atoms with E-state index >= 15 is 0 Å². The van der Waals surface area contributed by atoms with E-state index in [0.29, 0.717) is 44.9 Å². The van der Waals surface area contributed by atoms with E-state index in [2.05, 4.69) is 4.72 Å². The second kappa shape index (κ2) is 6.13. The van der Waals surface area contributed by atoms with E-state index in [1.807, 2.05) is 13.8 Å². The average Bonchev–Trinajstić information content (AvgIpc) is 2.27. The summed E-state index contributed by atoms with van der Waals surface area (Å²) in [6, 6.07) is 0. The van der Waals surface area contributed by atoms with Gasteiger partial charge in [-0.05, 0) is 25.2 Å². The summed E-state index contributed by atoms with van der Waals surface area (Å²) in [5.41, 5.74) is 5.23. The van der Waals surface area contributed by atoms with Crippen LogP contribution in [-0.2, 0) is 14.8 Å². The van der Waals surface area contributed by atoms with Gasteiger partial charge in [-0.2, -0.15) is 0 Å². The number of sulfonamides is 1. The number of rotatable bonds is 6. The molecular weight excluding hydrogens is 240 g/mol. The molecule has 6 heteroatoms. The highest BCUT2D eigenvalue weighted by Crippen LogP contribution is 2.20. The SMILES string of the molecule is CC(C)CCS(=O)(=O)NC1(CN)CCOCC1. The molecular formula is C11H24N2O3S. The largest absolute Gasteiger partial charge is 0.381 e. The Labute approximate surface area is 104 Å². The van der Waals surface area contributed by atoms with Crippen molar-refractivity contribution in [2.24, 2.45) is 11.7 Å². The molecule has 0 bridgehead atoms. The summed E-state index contributed by atoms with van der Waals surface area (Å²) in [5, 5.41) is 0. The molecule has 5 nitrogen and oxygen atoms in total. The maximum Gasteiger partial charge on any atom is 0.212 e. The summed E-state index contributed by atoms with van der Waals surface area (Å²) in [4.78, 5) is 0. The second-order valence-electron chi connectivity index (χ2n) is 5.20. The molecule has 0 unspecified atom stereocenters. The van der Waals surface area contributed by atoms with Crippen LogP contribution < -0.4 is 10.5 Å². The fraction of sp³-hybridized carbons (Fsp3) is 1.00. The van der Waals surface area contributed by atoms with Crippen molar-refractivity contribution in [1.29, 1.82) is 0 Å². The molecule has 0 aliphatic carbocycles. The van der Waals surface area contributed by atoms with Crippen LogP contribution in [-0.4, -0.2) is 39.5 Å². The Morgan fingerprint density at radius 1 is 1.35 bits per heavy atom. The molecule has 1 fully saturated rings. The van der Waals surface area contributed by atoms with E-state index < -0.39 is 15.6 Å². The van der Waals surface area contributed by atoms with Gasteiger partial charge in [0.05, 0.1) is 5.75 Å². The standard InChI is InChI=1S/C11H24N2O3S/c1-10(2)3-8-17(14,15)13-11(9-12)4-6-16-7-5-11/h10,13H,3-9,12H2,1-2H3. The van der Waals surface area contributed by atoms with E-state index in [9.17, 15) is 8.42 Å². The minimum atomic E-state index is -3.23. The predicted octanol–water partition coefficient (Wildman–Crippen LogP) is 0.460. The second-order valence-corrected chi connectivity index (χ2v) is 7.04. The van der Waals surface area contributed by atoms with Crippen molar-refractivity contribution in [1.82, 2.24) is 4.72 Å². The molecule has 1 saturated heterocycles. The first-order valence-corrected chi connectivity index (χ1v) is 7.84. The Morgan fingerprint density at radius 3 is 2.41 bits per heavy atom. The molecule has 0 aromatic heterocycles. The fourth-order valence-electron chi connectivity index (χ4n) is 1.88. The first-order valence-electron chi connectivity index (χ1n) is 6.19. The van der Waals surface area contributed by atoms with E-state index in [1.165, 1.54) is 0 Å². The quantitative estimate of drug-likeness (QED) is 0.730. The zero-order valence-corrected chi connectivity index (χ0v) is 11.6. The van der Waals surface area contributed by atoms with E-state index in [1.54, 1.807) is 0 Å². The van der Waals surface area contributed by atoms with Crippen molar-refractivity contribution < 1.29 is 13.2 Å². The minimum absolute atomic E-state index is 0.174. The lowest BCUT2D eigenvalue weighted by Crippen LogP contribution is -2.57. The Hall–Kier alpha value is -0.170. The van der Waals surface area contributed by atoms with Crippen molar-refractivity contribution in [2.45, 2.75) is 38.6 Å². The Morgan fingerprint density at radius 2 is 1.94 bits per heavy atom. The molecule has 0 radical (unpaired) electrons. The summed E-state index contributed by atoms with van der Waals surface area (Å²) < 4.78 is 31.9. The van der Waals surface area contributed by atoms with Crippen molar-refractivity contribution in [2.75, 3.05) is 25.5 Å². The van der Waals surface area contributed by atoms with Gasteiger partial charge in [0.25, 0.3) is 0 Å². The van der Waals surface area contributed by atoms with Gasteiger partial charge in [0, 0.05) is 25.3 Å². The maximum absolute atomic E-state index is 12.0. The zero-order chi connectivity index (χ0) is 12.9. The molecule has 102 valence electrons. The van der Waals surface area contributed by atoms with Crippen LogP contribution in [0.4, 0.5) is 0 Å². The third-order valence-corrected chi connectivity index (χ3v) is 4.69. The highest BCUT2D eigenvalue weighted by molar-refractivity contribution is 7.89. The third-order valence-electron chi connectivity index (χ3n) is 3.18. The van der Waals surface area contributed by atoms with Gasteiger partial charge in [0.1, 0.15) is 0 Å². The molecule has 1 aliphatic rings. The zero-order valence-electron chi connectivity index (χ0n) is 10.7. The summed E-state index contributed by atoms with van der Waals surface area (Å²) in [6.45, 7) is 5.51. The lowest BCUT2D eigenvalue weighted by Gasteiger charge is -2.36. The van der Waals surface area contributed by atoms with Gasteiger partial charge in [-0.15, -0.1) is 0 Å². The number of ether oxygens (including phenoxy) is 1. The van der Waals surface area contributed by atoms with Gasteiger partial charge in [-0.25, -0.2) is 13.1 Å². The van der Waals surface area contributed by atoms with Crippen molar-refractivity contribution >= 4 is 10.0 Å². The van der Waals surface area contributed by atoms with Crippen molar-refractivity contribution in [3.8, 4) is 0 Å². The molecule has 0 amide bonds. The first-order chi connectivity index (χ1) is 7.89. The lowest BCUT2D eigenvalue weighted by atomic mass is 9.92. The minimum Gasteiger partial charge on any atom is -0.381 e. The lowest BCUT2D eigenvalue weighted by molar-refractivity contribution is 0.0502. The Balaban J connectivity index is 2.60. The van der Waals surface area contributed by atoms with Crippen LogP contribution in [0.5, 0.6) is 0 Å². The molecule has 1 rings (SSSR count). The van der Waals surface area contributed by atoms with E-state index in [-0.39, 0.29) is 5.75 Å². The van der Waals surface area contributed by atoms with E-state index in [0.717, 1.165) is 0 Å². The molecule has 3 N–H and O–H groups in total. The van der Waals surface area contributed by atoms with Gasteiger partial charge >= 0.3 is 0 Å². The highest BCUT2D eigenvalue weighted by atomic mass is 32.2. The fourth-order valence-corrected chi connectivity index (χ4v) is 3.71. The van der Waals surface area contributed by atoms with Crippen LogP contribution in [0, 0.1) is 5.92 Å². The van der Waals surface area contributed by atoms with Crippen molar-refractivity contribution in [3.05, 3.63) is 0 Å².